The summed E-state index contributed by atoms with van der Waals surface area (Å²) >= 11 is -4.73. The Hall–Kier alpha value is -1.39. The van der Waals surface area contributed by atoms with Crippen molar-refractivity contribution >= 4 is 40.1 Å². The third-order valence-electron chi connectivity index (χ3n) is 12.0. The van der Waals surface area contributed by atoms with Crippen LogP contribution < -0.4 is 0 Å². The monoisotopic (exact) mass is 1070 g/mol. The molecule has 0 N–H and O–H groups in total. The molecule has 0 saturated carbocycles. The summed E-state index contributed by atoms with van der Waals surface area (Å²) < 4.78 is 134. The predicted molar refractivity (Wildman–Crippen MR) is 263 cm³/mol. The van der Waals surface area contributed by atoms with Gasteiger partial charge in [-0.1, -0.05) is 129 Å². The molecule has 64 heavy (non-hydrogen) atoms. The first kappa shape index (κ1) is 58.7. The summed E-state index contributed by atoms with van der Waals surface area (Å²) in [7, 11) is -14.0. The average molecular weight is 1070 g/mol. The third-order valence-corrected chi connectivity index (χ3v) is 24.6. The fourth-order valence-electron chi connectivity index (χ4n) is 8.05. The Kier molecular flexibility index (Phi) is 30.4. The van der Waals surface area contributed by atoms with Crippen molar-refractivity contribution in [3.63, 3.8) is 0 Å². The van der Waals surface area contributed by atoms with Crippen LogP contribution >= 0.6 is 20.1 Å². The van der Waals surface area contributed by atoms with E-state index in [-0.39, 0.29) is 7.14 Å². The van der Waals surface area contributed by atoms with Gasteiger partial charge < -0.3 is 0 Å². The van der Waals surface area contributed by atoms with Gasteiger partial charge in [0.1, 0.15) is 0 Å². The van der Waals surface area contributed by atoms with E-state index in [1.807, 2.05) is 0 Å². The van der Waals surface area contributed by atoms with Gasteiger partial charge in [-0.15, -0.1) is 0 Å². The molecule has 0 aliphatic rings. The standard InChI is InChI=1S/C50H82F6INO4S2/c1-3-5-7-9-11-13-15-17-19-21-23-25-27-29-31-33-35-45-37-41-47(42-38-45)57(58(63(59,60)49(51,52)53)64(61,62)50(54,55)56)48-43-39-46(40-44-48)36-34-32-30-28-26-24-22-20-18-16-14-12-10-8-6-4-2/h37-44H,3-36H2,1-2H3. The van der Waals surface area contributed by atoms with Crippen LogP contribution in [-0.4, -0.2) is 29.8 Å². The molecule has 0 saturated heterocycles. The molecule has 0 fully saturated rings. The fraction of sp³-hybridized carbons (Fsp3) is 0.760. The average Bonchev–Trinajstić information content (AvgIpc) is 3.25. The molecule has 0 aliphatic heterocycles. The molecule has 2 rings (SSSR count). The van der Waals surface area contributed by atoms with Crippen LogP contribution in [0.1, 0.15) is 230 Å². The van der Waals surface area contributed by atoms with E-state index in [4.69, 9.17) is 0 Å². The van der Waals surface area contributed by atoms with Crippen LogP contribution in [-0.2, 0) is 32.9 Å². The molecule has 0 radical (unpaired) electrons. The van der Waals surface area contributed by atoms with Crippen LogP contribution in [0.2, 0.25) is 0 Å². The molecule has 2 aromatic carbocycles. The van der Waals surface area contributed by atoms with Gasteiger partial charge in [-0.2, -0.15) is 0 Å². The normalized spacial score (nSPS) is 13.0. The number of aryl methyl sites for hydroxylation is 2. The first-order chi connectivity index (χ1) is 30.6. The van der Waals surface area contributed by atoms with Crippen LogP contribution in [0.15, 0.2) is 48.5 Å². The minimum atomic E-state index is -6.98. The number of hydrogen-bond acceptors (Lipinski definition) is 4. The van der Waals surface area contributed by atoms with Crippen molar-refractivity contribution in [1.82, 2.24) is 1.92 Å². The molecule has 0 amide bonds. The SMILES string of the molecule is CCCCCCCCCCCCCCCCCCc1ccc(I(c2ccc(CCCCCCCCCCCCCCCCCC)cc2)N(S(=O)(=O)C(F)(F)F)S(=O)(=O)C(F)(F)F)cc1. The molecule has 0 unspecified atom stereocenters. The molecule has 2 aromatic rings. The Bertz CT molecular complexity index is 1560. The van der Waals surface area contributed by atoms with E-state index >= 15 is 0 Å². The zero-order chi connectivity index (χ0) is 47.2. The first-order valence-electron chi connectivity index (χ1n) is 24.9. The van der Waals surface area contributed by atoms with Gasteiger partial charge in [0.2, 0.25) is 0 Å². The second-order valence-corrected chi connectivity index (χ2v) is 27.7. The van der Waals surface area contributed by atoms with Gasteiger partial charge in [0.15, 0.2) is 0 Å². The summed E-state index contributed by atoms with van der Waals surface area (Å²) in [5.41, 5.74) is -11.0. The Labute approximate surface area is 392 Å². The summed E-state index contributed by atoms with van der Waals surface area (Å²) in [6, 6.07) is 11.4. The summed E-state index contributed by atoms with van der Waals surface area (Å²) in [5.74, 6) is 0. The summed E-state index contributed by atoms with van der Waals surface area (Å²) in [6.45, 7) is 4.47. The Morgan fingerprint density at radius 2 is 0.562 bits per heavy atom. The number of sulfonamides is 2. The third kappa shape index (κ3) is 23.1. The van der Waals surface area contributed by atoms with Crippen LogP contribution in [0, 0.1) is 7.14 Å². The van der Waals surface area contributed by atoms with Gasteiger partial charge in [-0.05, 0) is 0 Å². The van der Waals surface area contributed by atoms with Crippen molar-refractivity contribution in [3.8, 4) is 0 Å². The summed E-state index contributed by atoms with van der Waals surface area (Å²) in [6.07, 6.45) is 40.3. The van der Waals surface area contributed by atoms with Crippen molar-refractivity contribution in [2.45, 2.75) is 243 Å². The van der Waals surface area contributed by atoms with E-state index < -0.39 is 53.1 Å². The molecule has 0 aliphatic carbocycles. The van der Waals surface area contributed by atoms with Gasteiger partial charge in [-0.3, -0.25) is 0 Å². The zero-order valence-electron chi connectivity index (χ0n) is 39.2. The fourth-order valence-corrected chi connectivity index (χ4v) is 20.6. The number of halogens is 7. The van der Waals surface area contributed by atoms with E-state index in [0.29, 0.717) is 12.8 Å². The van der Waals surface area contributed by atoms with Gasteiger partial charge in [0.05, 0.1) is 0 Å². The molecule has 372 valence electrons. The molecule has 0 atom stereocenters. The van der Waals surface area contributed by atoms with Crippen molar-refractivity contribution < 1.29 is 43.2 Å². The minimum absolute atomic E-state index is 0.175. The number of rotatable bonds is 39. The van der Waals surface area contributed by atoms with E-state index in [2.05, 4.69) is 13.8 Å². The van der Waals surface area contributed by atoms with Gasteiger partial charge >= 0.3 is 266 Å². The first-order valence-corrected chi connectivity index (χ1v) is 30.9. The van der Waals surface area contributed by atoms with Gasteiger partial charge in [0.25, 0.3) is 0 Å². The second-order valence-electron chi connectivity index (χ2n) is 17.7. The molecule has 14 heteroatoms. The van der Waals surface area contributed by atoms with E-state index in [0.717, 1.165) is 62.5 Å². The van der Waals surface area contributed by atoms with E-state index in [9.17, 15) is 43.2 Å². The number of nitrogens with zero attached hydrogens (tertiary/aromatic N) is 1. The molecule has 0 aromatic heterocycles. The number of hydrogen-bond donors (Lipinski definition) is 0. The Balaban J connectivity index is 1.96. The van der Waals surface area contributed by atoms with E-state index in [1.54, 1.807) is 24.3 Å². The number of benzene rings is 2. The summed E-state index contributed by atoms with van der Waals surface area (Å²) in [4.78, 5) is 0. The van der Waals surface area contributed by atoms with Crippen LogP contribution in [0.4, 0.5) is 26.3 Å². The molecule has 0 heterocycles. The molecule has 0 spiro atoms. The van der Waals surface area contributed by atoms with Crippen molar-refractivity contribution in [2.75, 3.05) is 0 Å². The zero-order valence-corrected chi connectivity index (χ0v) is 43.0. The number of alkyl halides is 6. The maximum atomic E-state index is 14.1. The van der Waals surface area contributed by atoms with Crippen molar-refractivity contribution in [2.24, 2.45) is 0 Å². The molecule has 5 nitrogen and oxygen atoms in total. The Morgan fingerprint density at radius 3 is 0.766 bits per heavy atom. The second kappa shape index (κ2) is 33.2. The quantitative estimate of drug-likeness (QED) is 0.0289. The number of unbranched alkanes of at least 4 members (excludes halogenated alkanes) is 30. The predicted octanol–water partition coefficient (Wildman–Crippen LogP) is 17.8. The molecular weight excluding hydrogens is 984 g/mol. The van der Waals surface area contributed by atoms with Crippen molar-refractivity contribution in [1.29, 1.82) is 0 Å². The molecular formula is C50H82F6INO4S2. The van der Waals surface area contributed by atoms with Gasteiger partial charge in [-0.25, -0.2) is 0 Å². The van der Waals surface area contributed by atoms with E-state index in [1.165, 1.54) is 178 Å². The molecule has 0 bridgehead atoms. The van der Waals surface area contributed by atoms with Gasteiger partial charge in [0, 0.05) is 0 Å². The van der Waals surface area contributed by atoms with Crippen LogP contribution in [0.3, 0.4) is 0 Å². The topological polar surface area (TPSA) is 71.5 Å². The van der Waals surface area contributed by atoms with Crippen LogP contribution in [0.5, 0.6) is 0 Å². The van der Waals surface area contributed by atoms with Crippen LogP contribution in [0.25, 0.3) is 0 Å². The summed E-state index contributed by atoms with van der Waals surface area (Å²) in [5, 5.41) is 0. The maximum absolute atomic E-state index is 14.1. The van der Waals surface area contributed by atoms with Crippen molar-refractivity contribution in [3.05, 3.63) is 66.8 Å². The Morgan fingerprint density at radius 1 is 0.359 bits per heavy atom.